The van der Waals surface area contributed by atoms with E-state index in [0.29, 0.717) is 12.0 Å². The van der Waals surface area contributed by atoms with Crippen LogP contribution in [0.3, 0.4) is 0 Å². The first-order valence-electron chi connectivity index (χ1n) is 6.23. The standard InChI is InChI=1S/C15H21N/c1-12(2)15(13-8-4-3-5-9-13)14-10-6-7-11-16-14/h3-5,8-9,14-16H,1,6-7,10-11H2,2H3. The Hall–Kier alpha value is -1.08. The molecule has 0 radical (unpaired) electrons. The highest BCUT2D eigenvalue weighted by Crippen LogP contribution is 2.30. The maximum absolute atomic E-state index is 4.17. The minimum atomic E-state index is 0.474. The van der Waals surface area contributed by atoms with Crippen molar-refractivity contribution in [2.75, 3.05) is 6.54 Å². The predicted molar refractivity (Wildman–Crippen MR) is 69.6 cm³/mol. The fourth-order valence-corrected chi connectivity index (χ4v) is 2.68. The molecule has 2 rings (SSSR count). The lowest BCUT2D eigenvalue weighted by molar-refractivity contribution is 0.370. The summed E-state index contributed by atoms with van der Waals surface area (Å²) in [6, 6.07) is 11.3. The van der Waals surface area contributed by atoms with E-state index in [1.165, 1.54) is 30.4 Å². The third-order valence-electron chi connectivity index (χ3n) is 3.44. The van der Waals surface area contributed by atoms with Crippen LogP contribution in [0.4, 0.5) is 0 Å². The van der Waals surface area contributed by atoms with Gasteiger partial charge in [0.05, 0.1) is 0 Å². The van der Waals surface area contributed by atoms with Crippen LogP contribution in [0.1, 0.15) is 37.7 Å². The first-order valence-corrected chi connectivity index (χ1v) is 6.23. The number of hydrogen-bond acceptors (Lipinski definition) is 1. The van der Waals surface area contributed by atoms with Crippen LogP contribution in [-0.4, -0.2) is 12.6 Å². The maximum atomic E-state index is 4.17. The van der Waals surface area contributed by atoms with Crippen LogP contribution in [0.5, 0.6) is 0 Å². The lowest BCUT2D eigenvalue weighted by Crippen LogP contribution is -2.39. The van der Waals surface area contributed by atoms with Gasteiger partial charge in [-0.3, -0.25) is 0 Å². The van der Waals surface area contributed by atoms with Crippen molar-refractivity contribution in [3.8, 4) is 0 Å². The SMILES string of the molecule is C=C(C)C(c1ccccc1)C1CCCCN1. The smallest absolute Gasteiger partial charge is 0.0196 e. The summed E-state index contributed by atoms with van der Waals surface area (Å²) < 4.78 is 0. The van der Waals surface area contributed by atoms with Gasteiger partial charge in [0.25, 0.3) is 0 Å². The molecule has 0 bridgehead atoms. The van der Waals surface area contributed by atoms with Gasteiger partial charge in [-0.15, -0.1) is 0 Å². The molecule has 1 heteroatoms. The minimum absolute atomic E-state index is 0.474. The average molecular weight is 215 g/mol. The van der Waals surface area contributed by atoms with Crippen LogP contribution in [0, 0.1) is 0 Å². The molecule has 86 valence electrons. The van der Waals surface area contributed by atoms with Crippen molar-refractivity contribution in [2.24, 2.45) is 0 Å². The number of rotatable bonds is 3. The molecule has 0 amide bonds. The van der Waals surface area contributed by atoms with E-state index < -0.39 is 0 Å². The topological polar surface area (TPSA) is 12.0 Å². The van der Waals surface area contributed by atoms with E-state index in [1.807, 2.05) is 0 Å². The van der Waals surface area contributed by atoms with Crippen LogP contribution < -0.4 is 5.32 Å². The second-order valence-electron chi connectivity index (χ2n) is 4.79. The molecule has 1 saturated heterocycles. The lowest BCUT2D eigenvalue weighted by atomic mass is 9.82. The molecule has 16 heavy (non-hydrogen) atoms. The third-order valence-corrected chi connectivity index (χ3v) is 3.44. The molecule has 0 saturated carbocycles. The minimum Gasteiger partial charge on any atom is -0.313 e. The van der Waals surface area contributed by atoms with E-state index in [1.54, 1.807) is 0 Å². The molecule has 1 aliphatic rings. The fourth-order valence-electron chi connectivity index (χ4n) is 2.68. The second kappa shape index (κ2) is 5.31. The molecule has 2 atom stereocenters. The average Bonchev–Trinajstić information content (AvgIpc) is 2.31. The van der Waals surface area contributed by atoms with E-state index in [2.05, 4.69) is 49.2 Å². The van der Waals surface area contributed by atoms with Crippen molar-refractivity contribution >= 4 is 0 Å². The second-order valence-corrected chi connectivity index (χ2v) is 4.79. The molecular weight excluding hydrogens is 194 g/mol. The fraction of sp³-hybridized carbons (Fsp3) is 0.467. The van der Waals surface area contributed by atoms with Crippen molar-refractivity contribution in [3.63, 3.8) is 0 Å². The van der Waals surface area contributed by atoms with Gasteiger partial charge in [-0.2, -0.15) is 0 Å². The van der Waals surface area contributed by atoms with Crippen LogP contribution in [-0.2, 0) is 0 Å². The first-order chi connectivity index (χ1) is 7.79. The Morgan fingerprint density at radius 2 is 2.06 bits per heavy atom. The summed E-state index contributed by atoms with van der Waals surface area (Å²) in [6.07, 6.45) is 3.93. The van der Waals surface area contributed by atoms with E-state index in [4.69, 9.17) is 0 Å². The van der Waals surface area contributed by atoms with Crippen LogP contribution in [0.15, 0.2) is 42.5 Å². The Morgan fingerprint density at radius 1 is 1.31 bits per heavy atom. The molecule has 1 aromatic carbocycles. The summed E-state index contributed by atoms with van der Waals surface area (Å²) in [5, 5.41) is 3.64. The molecule has 0 aromatic heterocycles. The number of piperidine rings is 1. The van der Waals surface area contributed by atoms with Crippen LogP contribution in [0.25, 0.3) is 0 Å². The van der Waals surface area contributed by atoms with Crippen LogP contribution >= 0.6 is 0 Å². The summed E-state index contributed by atoms with van der Waals surface area (Å²) in [4.78, 5) is 0. The van der Waals surface area contributed by atoms with Gasteiger partial charge in [-0.05, 0) is 31.9 Å². The van der Waals surface area contributed by atoms with Crippen molar-refractivity contribution < 1.29 is 0 Å². The third kappa shape index (κ3) is 2.53. The highest BCUT2D eigenvalue weighted by molar-refractivity contribution is 5.29. The quantitative estimate of drug-likeness (QED) is 0.761. The first kappa shape index (κ1) is 11.4. The zero-order valence-electron chi connectivity index (χ0n) is 10.1. The van der Waals surface area contributed by atoms with E-state index in [9.17, 15) is 0 Å². The van der Waals surface area contributed by atoms with Gasteiger partial charge in [0.1, 0.15) is 0 Å². The van der Waals surface area contributed by atoms with Gasteiger partial charge >= 0.3 is 0 Å². The summed E-state index contributed by atoms with van der Waals surface area (Å²) in [7, 11) is 0. The summed E-state index contributed by atoms with van der Waals surface area (Å²) >= 11 is 0. The molecule has 1 heterocycles. The molecule has 1 nitrogen and oxygen atoms in total. The Morgan fingerprint density at radius 3 is 2.62 bits per heavy atom. The molecule has 1 fully saturated rings. The van der Waals surface area contributed by atoms with E-state index in [-0.39, 0.29) is 0 Å². The van der Waals surface area contributed by atoms with Gasteiger partial charge in [-0.1, -0.05) is 48.9 Å². The number of benzene rings is 1. The van der Waals surface area contributed by atoms with E-state index in [0.717, 1.165) is 6.54 Å². The lowest BCUT2D eigenvalue weighted by Gasteiger charge is -2.32. The predicted octanol–water partition coefficient (Wildman–Crippen LogP) is 3.49. The van der Waals surface area contributed by atoms with Gasteiger partial charge in [0.15, 0.2) is 0 Å². The molecule has 0 aliphatic carbocycles. The summed E-state index contributed by atoms with van der Waals surface area (Å²) in [6.45, 7) is 7.47. The summed E-state index contributed by atoms with van der Waals surface area (Å²) in [5.41, 5.74) is 2.67. The highest BCUT2D eigenvalue weighted by atomic mass is 14.9. The molecule has 1 aromatic rings. The van der Waals surface area contributed by atoms with Gasteiger partial charge in [0.2, 0.25) is 0 Å². The molecule has 1 N–H and O–H groups in total. The summed E-state index contributed by atoms with van der Waals surface area (Å²) in [5.74, 6) is 0.474. The molecule has 1 aliphatic heterocycles. The Kier molecular flexibility index (Phi) is 3.79. The van der Waals surface area contributed by atoms with Crippen molar-refractivity contribution in [1.82, 2.24) is 5.32 Å². The largest absolute Gasteiger partial charge is 0.313 e. The zero-order chi connectivity index (χ0) is 11.4. The van der Waals surface area contributed by atoms with Crippen molar-refractivity contribution in [2.45, 2.75) is 38.1 Å². The molecule has 2 unspecified atom stereocenters. The Labute approximate surface area is 98.6 Å². The van der Waals surface area contributed by atoms with E-state index >= 15 is 0 Å². The van der Waals surface area contributed by atoms with Crippen molar-refractivity contribution in [1.29, 1.82) is 0 Å². The molecule has 0 spiro atoms. The molecular formula is C15H21N. The Balaban J connectivity index is 2.20. The van der Waals surface area contributed by atoms with Crippen LogP contribution in [0.2, 0.25) is 0 Å². The number of nitrogens with one attached hydrogen (secondary N) is 1. The number of hydrogen-bond donors (Lipinski definition) is 1. The maximum Gasteiger partial charge on any atom is 0.0196 e. The Bertz CT molecular complexity index is 336. The van der Waals surface area contributed by atoms with Gasteiger partial charge in [0, 0.05) is 12.0 Å². The highest BCUT2D eigenvalue weighted by Gasteiger charge is 2.24. The van der Waals surface area contributed by atoms with Gasteiger partial charge < -0.3 is 5.32 Å². The monoisotopic (exact) mass is 215 g/mol. The zero-order valence-corrected chi connectivity index (χ0v) is 10.1. The van der Waals surface area contributed by atoms with Gasteiger partial charge in [-0.25, -0.2) is 0 Å². The van der Waals surface area contributed by atoms with Crippen molar-refractivity contribution in [3.05, 3.63) is 48.0 Å². The normalized spacial score (nSPS) is 22.7.